The Balaban J connectivity index is 1.79. The molecule has 38 heavy (non-hydrogen) atoms. The van der Waals surface area contributed by atoms with Crippen LogP contribution < -0.4 is 20.1 Å². The van der Waals surface area contributed by atoms with Gasteiger partial charge in [0.2, 0.25) is 0 Å². The number of carbonyl (C=O) groups excluding carboxylic acids is 1. The number of nitrogens with two attached hydrogens (primary N) is 1. The van der Waals surface area contributed by atoms with Crippen molar-refractivity contribution in [3.05, 3.63) is 60.3 Å². The third kappa shape index (κ3) is 5.60. The molecule has 1 aromatic carbocycles. The summed E-state index contributed by atoms with van der Waals surface area (Å²) in [6.45, 7) is 11.7. The standard InChI is InChI=1S/C28H35N5O4S/c1-18(2)17-37-23-10-7-6-9-21(23)20-15-22(26(30-16-20)33-14-13-19(3)28(33,4)5)27(34)32-38(35,36)25-12-8-11-24(29)31-25/h6-12,15-16,18-19H,13-14,17H2,1-5H3,(H2,29,31)(H,32,34). The van der Waals surface area contributed by atoms with Gasteiger partial charge in [0.15, 0.2) is 5.03 Å². The molecule has 10 heteroatoms. The summed E-state index contributed by atoms with van der Waals surface area (Å²) in [4.78, 5) is 24.3. The molecule has 1 aliphatic heterocycles. The van der Waals surface area contributed by atoms with E-state index in [1.165, 1.54) is 18.2 Å². The van der Waals surface area contributed by atoms with Gasteiger partial charge in [-0.25, -0.2) is 14.7 Å². The lowest BCUT2D eigenvalue weighted by atomic mass is 9.90. The largest absolute Gasteiger partial charge is 0.493 e. The number of hydrogen-bond acceptors (Lipinski definition) is 8. The maximum absolute atomic E-state index is 13.6. The molecule has 1 aliphatic rings. The number of carbonyl (C=O) groups is 1. The summed E-state index contributed by atoms with van der Waals surface area (Å²) in [5.74, 6) is 1.01. The van der Waals surface area contributed by atoms with Gasteiger partial charge >= 0.3 is 0 Å². The van der Waals surface area contributed by atoms with Crippen molar-refractivity contribution in [2.45, 2.75) is 51.6 Å². The minimum absolute atomic E-state index is 0.0375. The van der Waals surface area contributed by atoms with Crippen LogP contribution in [0.2, 0.25) is 0 Å². The summed E-state index contributed by atoms with van der Waals surface area (Å²) in [7, 11) is -4.28. The molecule has 0 radical (unpaired) electrons. The second kappa shape index (κ2) is 10.6. The molecule has 0 bridgehead atoms. The van der Waals surface area contributed by atoms with Crippen LogP contribution in [-0.2, 0) is 10.0 Å². The van der Waals surface area contributed by atoms with Crippen molar-refractivity contribution in [3.63, 3.8) is 0 Å². The molecule has 2 aromatic heterocycles. The normalized spacial score (nSPS) is 17.0. The van der Waals surface area contributed by atoms with Crippen molar-refractivity contribution < 1.29 is 17.9 Å². The molecule has 0 spiro atoms. The van der Waals surface area contributed by atoms with E-state index < -0.39 is 15.9 Å². The number of nitrogens with zero attached hydrogens (tertiary/aromatic N) is 3. The van der Waals surface area contributed by atoms with E-state index in [0.29, 0.717) is 42.1 Å². The Bertz CT molecular complexity index is 1440. The zero-order valence-corrected chi connectivity index (χ0v) is 23.2. The van der Waals surface area contributed by atoms with E-state index in [-0.39, 0.29) is 21.9 Å². The summed E-state index contributed by atoms with van der Waals surface area (Å²) in [5.41, 5.74) is 6.94. The fourth-order valence-corrected chi connectivity index (χ4v) is 5.44. The average molecular weight is 538 g/mol. The first-order valence-corrected chi connectivity index (χ1v) is 14.2. The second-order valence-electron chi connectivity index (χ2n) is 10.6. The summed E-state index contributed by atoms with van der Waals surface area (Å²) >= 11 is 0. The number of benzene rings is 1. The van der Waals surface area contributed by atoms with Gasteiger partial charge in [0, 0.05) is 29.4 Å². The van der Waals surface area contributed by atoms with Crippen molar-refractivity contribution in [2.24, 2.45) is 11.8 Å². The van der Waals surface area contributed by atoms with Gasteiger partial charge in [0.25, 0.3) is 15.9 Å². The van der Waals surface area contributed by atoms with Crippen LogP contribution in [0.4, 0.5) is 11.6 Å². The summed E-state index contributed by atoms with van der Waals surface area (Å²) in [6, 6.07) is 13.4. The molecular weight excluding hydrogens is 502 g/mol. The van der Waals surface area contributed by atoms with E-state index in [9.17, 15) is 13.2 Å². The number of ether oxygens (including phenoxy) is 1. The van der Waals surface area contributed by atoms with Crippen LogP contribution in [0.1, 0.15) is 51.4 Å². The highest BCUT2D eigenvalue weighted by molar-refractivity contribution is 7.90. The fourth-order valence-electron chi connectivity index (χ4n) is 4.49. The lowest BCUT2D eigenvalue weighted by Crippen LogP contribution is -2.43. The number of sulfonamides is 1. The van der Waals surface area contributed by atoms with E-state index in [2.05, 4.69) is 49.2 Å². The first-order chi connectivity index (χ1) is 17.9. The molecule has 3 heterocycles. The van der Waals surface area contributed by atoms with Crippen LogP contribution in [0.5, 0.6) is 5.75 Å². The summed E-state index contributed by atoms with van der Waals surface area (Å²) in [6.07, 6.45) is 2.63. The quantitative estimate of drug-likeness (QED) is 0.430. The Morgan fingerprint density at radius 2 is 1.95 bits per heavy atom. The average Bonchev–Trinajstić information content (AvgIpc) is 3.14. The van der Waals surface area contributed by atoms with Gasteiger partial charge in [-0.05, 0) is 56.4 Å². The van der Waals surface area contributed by atoms with Crippen LogP contribution in [-0.4, -0.2) is 43.0 Å². The Morgan fingerprint density at radius 3 is 2.61 bits per heavy atom. The Hall–Kier alpha value is -3.66. The maximum atomic E-state index is 13.6. The number of aromatic nitrogens is 2. The minimum Gasteiger partial charge on any atom is -0.493 e. The highest BCUT2D eigenvalue weighted by Crippen LogP contribution is 2.40. The Morgan fingerprint density at radius 1 is 1.21 bits per heavy atom. The number of rotatable bonds is 8. The van der Waals surface area contributed by atoms with Gasteiger partial charge in [0.1, 0.15) is 17.4 Å². The number of amides is 1. The predicted molar refractivity (Wildman–Crippen MR) is 149 cm³/mol. The molecule has 1 unspecified atom stereocenters. The molecule has 1 saturated heterocycles. The molecule has 1 fully saturated rings. The molecule has 1 atom stereocenters. The first kappa shape index (κ1) is 27.4. The van der Waals surface area contributed by atoms with Crippen molar-refractivity contribution >= 4 is 27.6 Å². The van der Waals surface area contributed by atoms with Crippen molar-refractivity contribution in [1.29, 1.82) is 0 Å². The summed E-state index contributed by atoms with van der Waals surface area (Å²) < 4.78 is 34.3. The molecule has 0 saturated carbocycles. The van der Waals surface area contributed by atoms with E-state index >= 15 is 0 Å². The highest BCUT2D eigenvalue weighted by Gasteiger charge is 2.41. The third-order valence-electron chi connectivity index (χ3n) is 7.07. The van der Waals surface area contributed by atoms with E-state index in [1.807, 2.05) is 24.3 Å². The second-order valence-corrected chi connectivity index (χ2v) is 12.3. The minimum atomic E-state index is -4.28. The topological polar surface area (TPSA) is 128 Å². The predicted octanol–water partition coefficient (Wildman–Crippen LogP) is 4.50. The monoisotopic (exact) mass is 537 g/mol. The molecular formula is C28H35N5O4S. The molecule has 3 aromatic rings. The van der Waals surface area contributed by atoms with Crippen LogP contribution >= 0.6 is 0 Å². The molecule has 1 amide bonds. The molecule has 9 nitrogen and oxygen atoms in total. The molecule has 3 N–H and O–H groups in total. The SMILES string of the molecule is CC(C)COc1ccccc1-c1cnc(N2CCC(C)C2(C)C)c(C(=O)NS(=O)(=O)c2cccc(N)n2)c1. The maximum Gasteiger partial charge on any atom is 0.281 e. The molecule has 0 aliphatic carbocycles. The first-order valence-electron chi connectivity index (χ1n) is 12.7. The van der Waals surface area contributed by atoms with Gasteiger partial charge in [0.05, 0.1) is 12.2 Å². The molecule has 4 rings (SSSR count). The number of nitrogens with one attached hydrogen (secondary N) is 1. The smallest absolute Gasteiger partial charge is 0.281 e. The third-order valence-corrected chi connectivity index (χ3v) is 8.30. The Kier molecular flexibility index (Phi) is 7.64. The van der Waals surface area contributed by atoms with E-state index in [0.717, 1.165) is 12.0 Å². The van der Waals surface area contributed by atoms with Crippen LogP contribution in [0, 0.1) is 11.8 Å². The van der Waals surface area contributed by atoms with Gasteiger partial charge < -0.3 is 15.4 Å². The van der Waals surface area contributed by atoms with Crippen LogP contribution in [0.3, 0.4) is 0 Å². The number of anilines is 2. The summed E-state index contributed by atoms with van der Waals surface area (Å²) in [5, 5.41) is -0.334. The Labute approximate surface area is 224 Å². The van der Waals surface area contributed by atoms with Crippen molar-refractivity contribution in [3.8, 4) is 16.9 Å². The molecule has 202 valence electrons. The van der Waals surface area contributed by atoms with Crippen molar-refractivity contribution in [2.75, 3.05) is 23.8 Å². The van der Waals surface area contributed by atoms with Gasteiger partial charge in [-0.2, -0.15) is 8.42 Å². The number of hydrogen-bond donors (Lipinski definition) is 2. The number of nitrogen functional groups attached to an aromatic ring is 1. The van der Waals surface area contributed by atoms with Gasteiger partial charge in [-0.15, -0.1) is 0 Å². The zero-order chi connectivity index (χ0) is 27.7. The van der Waals surface area contributed by atoms with E-state index in [1.54, 1.807) is 12.3 Å². The lowest BCUT2D eigenvalue weighted by Gasteiger charge is -2.36. The van der Waals surface area contributed by atoms with Crippen molar-refractivity contribution in [1.82, 2.24) is 14.7 Å². The van der Waals surface area contributed by atoms with Gasteiger partial charge in [-0.3, -0.25) is 4.79 Å². The van der Waals surface area contributed by atoms with Crippen LogP contribution in [0.25, 0.3) is 11.1 Å². The fraction of sp³-hybridized carbons (Fsp3) is 0.393. The zero-order valence-electron chi connectivity index (χ0n) is 22.4. The van der Waals surface area contributed by atoms with E-state index in [4.69, 9.17) is 15.5 Å². The highest BCUT2D eigenvalue weighted by atomic mass is 32.2. The van der Waals surface area contributed by atoms with Crippen LogP contribution in [0.15, 0.2) is 59.8 Å². The number of pyridine rings is 2. The number of para-hydroxylation sites is 1. The van der Waals surface area contributed by atoms with Gasteiger partial charge in [-0.1, -0.05) is 45.0 Å². The lowest BCUT2D eigenvalue weighted by molar-refractivity contribution is 0.0981.